The third kappa shape index (κ3) is 4.96. The van der Waals surface area contributed by atoms with Crippen LogP contribution in [0.2, 0.25) is 0 Å². The summed E-state index contributed by atoms with van der Waals surface area (Å²) in [5.41, 5.74) is 0.647. The number of anilines is 1. The van der Waals surface area contributed by atoms with Crippen molar-refractivity contribution in [1.82, 2.24) is 19.2 Å². The van der Waals surface area contributed by atoms with Gasteiger partial charge < -0.3 is 10.4 Å². The van der Waals surface area contributed by atoms with Crippen molar-refractivity contribution < 1.29 is 18.3 Å². The Balaban J connectivity index is 1.64. The summed E-state index contributed by atoms with van der Waals surface area (Å²) in [6, 6.07) is 6.14. The Hall–Kier alpha value is -2.40. The number of hydrogen-bond acceptors (Lipinski definition) is 7. The molecule has 2 N–H and O–H groups in total. The molecule has 1 aliphatic rings. The molecule has 0 bridgehead atoms. The number of aliphatic hydroxyl groups excluding tert-OH is 1. The van der Waals surface area contributed by atoms with Crippen molar-refractivity contribution in [1.29, 1.82) is 0 Å². The number of rotatable bonds is 7. The van der Waals surface area contributed by atoms with E-state index in [1.54, 1.807) is 12.1 Å². The van der Waals surface area contributed by atoms with Gasteiger partial charge in [-0.05, 0) is 30.7 Å². The van der Waals surface area contributed by atoms with Gasteiger partial charge in [0.1, 0.15) is 5.69 Å². The Labute approximate surface area is 170 Å². The first kappa shape index (κ1) is 21.3. The molecule has 1 amide bonds. The van der Waals surface area contributed by atoms with Crippen LogP contribution in [0.15, 0.2) is 47.8 Å². The number of benzene rings is 1. The standard InChI is InChI=1S/C19H25N5O4S/c1-2-16(14-25)23-9-11-24(12-10-23)29(27,28)17-5-3-15(4-6-17)22-19(26)18-13-20-7-8-21-18/h3-8,13,16,25H,2,9-12,14H2,1H3,(H,22,26)/t16-/m1/s1. The fourth-order valence-corrected chi connectivity index (χ4v) is 4.70. The van der Waals surface area contributed by atoms with Crippen molar-refractivity contribution in [2.24, 2.45) is 0 Å². The number of nitrogens with zero attached hydrogens (tertiary/aromatic N) is 4. The summed E-state index contributed by atoms with van der Waals surface area (Å²) in [5.74, 6) is -0.417. The van der Waals surface area contributed by atoms with Crippen LogP contribution in [0.25, 0.3) is 0 Å². The van der Waals surface area contributed by atoms with E-state index in [1.807, 2.05) is 6.92 Å². The Morgan fingerprint density at radius 1 is 1.17 bits per heavy atom. The van der Waals surface area contributed by atoms with Crippen LogP contribution < -0.4 is 5.32 Å². The maximum absolute atomic E-state index is 12.9. The number of aromatic nitrogens is 2. The van der Waals surface area contributed by atoms with Gasteiger partial charge in [0.05, 0.1) is 17.7 Å². The third-order valence-corrected chi connectivity index (χ3v) is 6.93. The molecule has 2 heterocycles. The average Bonchev–Trinajstić information content (AvgIpc) is 2.76. The molecular formula is C19H25N5O4S. The summed E-state index contributed by atoms with van der Waals surface area (Å²) >= 11 is 0. The smallest absolute Gasteiger partial charge is 0.275 e. The van der Waals surface area contributed by atoms with Crippen LogP contribution in [-0.2, 0) is 10.0 Å². The minimum atomic E-state index is -3.61. The van der Waals surface area contributed by atoms with Crippen LogP contribution in [0.3, 0.4) is 0 Å². The largest absolute Gasteiger partial charge is 0.395 e. The monoisotopic (exact) mass is 419 g/mol. The molecule has 0 aliphatic carbocycles. The highest BCUT2D eigenvalue weighted by molar-refractivity contribution is 7.89. The van der Waals surface area contributed by atoms with E-state index in [-0.39, 0.29) is 23.2 Å². The lowest BCUT2D eigenvalue weighted by molar-refractivity contribution is 0.0881. The molecule has 0 unspecified atom stereocenters. The number of nitrogens with one attached hydrogen (secondary N) is 1. The summed E-state index contributed by atoms with van der Waals surface area (Å²) in [7, 11) is -3.61. The second-order valence-corrected chi connectivity index (χ2v) is 8.69. The second kappa shape index (κ2) is 9.40. The predicted molar refractivity (Wildman–Crippen MR) is 108 cm³/mol. The van der Waals surface area contributed by atoms with E-state index in [2.05, 4.69) is 20.2 Å². The molecule has 1 fully saturated rings. The fraction of sp³-hybridized carbons (Fsp3) is 0.421. The normalized spacial score (nSPS) is 17.0. The highest BCUT2D eigenvalue weighted by Crippen LogP contribution is 2.21. The molecule has 0 spiro atoms. The van der Waals surface area contributed by atoms with E-state index in [9.17, 15) is 18.3 Å². The molecule has 1 saturated heterocycles. The molecule has 0 radical (unpaired) electrons. The van der Waals surface area contributed by atoms with Gasteiger partial charge in [0.2, 0.25) is 10.0 Å². The molecule has 1 aromatic carbocycles. The quantitative estimate of drug-likeness (QED) is 0.682. The molecule has 0 saturated carbocycles. The van der Waals surface area contributed by atoms with Crippen LogP contribution in [0, 0.1) is 0 Å². The summed E-state index contributed by atoms with van der Waals surface area (Å²) in [6.45, 7) is 4.02. The average molecular weight is 420 g/mol. The number of carbonyl (C=O) groups excluding carboxylic acids is 1. The van der Waals surface area contributed by atoms with E-state index in [0.29, 0.717) is 31.9 Å². The summed E-state index contributed by atoms with van der Waals surface area (Å²) in [4.78, 5) is 22.2. The lowest BCUT2D eigenvalue weighted by Crippen LogP contribution is -2.52. The first-order valence-electron chi connectivity index (χ1n) is 9.48. The lowest BCUT2D eigenvalue weighted by Gasteiger charge is -2.37. The zero-order valence-electron chi connectivity index (χ0n) is 16.2. The van der Waals surface area contributed by atoms with E-state index >= 15 is 0 Å². The van der Waals surface area contributed by atoms with Crippen molar-refractivity contribution in [3.63, 3.8) is 0 Å². The summed E-state index contributed by atoms with van der Waals surface area (Å²) in [5, 5.41) is 12.1. The predicted octanol–water partition coefficient (Wildman–Crippen LogP) is 0.806. The first-order valence-corrected chi connectivity index (χ1v) is 10.9. The molecule has 1 aliphatic heterocycles. The highest BCUT2D eigenvalue weighted by Gasteiger charge is 2.30. The highest BCUT2D eigenvalue weighted by atomic mass is 32.2. The zero-order valence-corrected chi connectivity index (χ0v) is 17.0. The molecule has 1 atom stereocenters. The van der Waals surface area contributed by atoms with Gasteiger partial charge in [-0.1, -0.05) is 6.92 Å². The van der Waals surface area contributed by atoms with Crippen molar-refractivity contribution in [2.45, 2.75) is 24.3 Å². The topological polar surface area (TPSA) is 116 Å². The summed E-state index contributed by atoms with van der Waals surface area (Å²) < 4.78 is 27.3. The van der Waals surface area contributed by atoms with E-state index in [0.717, 1.165) is 6.42 Å². The van der Waals surface area contributed by atoms with Crippen LogP contribution in [0.5, 0.6) is 0 Å². The van der Waals surface area contributed by atoms with Crippen LogP contribution in [0.1, 0.15) is 23.8 Å². The van der Waals surface area contributed by atoms with E-state index in [1.165, 1.54) is 35.0 Å². The zero-order chi connectivity index (χ0) is 20.9. The third-order valence-electron chi connectivity index (χ3n) is 5.02. The van der Waals surface area contributed by atoms with Gasteiger partial charge in [-0.25, -0.2) is 13.4 Å². The van der Waals surface area contributed by atoms with Crippen molar-refractivity contribution in [3.8, 4) is 0 Å². The first-order chi connectivity index (χ1) is 14.0. The maximum Gasteiger partial charge on any atom is 0.275 e. The van der Waals surface area contributed by atoms with Gasteiger partial charge in [0.25, 0.3) is 5.91 Å². The van der Waals surface area contributed by atoms with Gasteiger partial charge in [0.15, 0.2) is 0 Å². The lowest BCUT2D eigenvalue weighted by atomic mass is 10.2. The van der Waals surface area contributed by atoms with Gasteiger partial charge in [0, 0.05) is 50.3 Å². The van der Waals surface area contributed by atoms with Gasteiger partial charge in [-0.2, -0.15) is 4.31 Å². The molecule has 3 rings (SSSR count). The maximum atomic E-state index is 12.9. The molecule has 29 heavy (non-hydrogen) atoms. The minimum Gasteiger partial charge on any atom is -0.395 e. The van der Waals surface area contributed by atoms with Gasteiger partial charge in [-0.15, -0.1) is 0 Å². The number of hydrogen-bond donors (Lipinski definition) is 2. The minimum absolute atomic E-state index is 0.0667. The van der Waals surface area contributed by atoms with Crippen LogP contribution >= 0.6 is 0 Å². The Morgan fingerprint density at radius 3 is 2.41 bits per heavy atom. The number of piperazine rings is 1. The molecule has 9 nitrogen and oxygen atoms in total. The number of amides is 1. The van der Waals surface area contributed by atoms with Crippen LogP contribution in [-0.4, -0.2) is 77.4 Å². The van der Waals surface area contributed by atoms with E-state index < -0.39 is 15.9 Å². The van der Waals surface area contributed by atoms with E-state index in [4.69, 9.17) is 0 Å². The van der Waals surface area contributed by atoms with Crippen molar-refractivity contribution in [3.05, 3.63) is 48.5 Å². The van der Waals surface area contributed by atoms with Gasteiger partial charge >= 0.3 is 0 Å². The van der Waals surface area contributed by atoms with Crippen LogP contribution in [0.4, 0.5) is 5.69 Å². The van der Waals surface area contributed by atoms with Crippen molar-refractivity contribution >= 4 is 21.6 Å². The Bertz CT molecular complexity index is 909. The van der Waals surface area contributed by atoms with Gasteiger partial charge in [-0.3, -0.25) is 14.7 Å². The molecule has 156 valence electrons. The molecule has 1 aromatic heterocycles. The molecule has 2 aromatic rings. The molecule has 10 heteroatoms. The Kier molecular flexibility index (Phi) is 6.91. The fourth-order valence-electron chi connectivity index (χ4n) is 3.28. The number of sulfonamides is 1. The number of aliphatic hydroxyl groups is 1. The summed E-state index contributed by atoms with van der Waals surface area (Å²) in [6.07, 6.45) is 5.08. The van der Waals surface area contributed by atoms with Crippen molar-refractivity contribution in [2.75, 3.05) is 38.1 Å². The SMILES string of the molecule is CC[C@H](CO)N1CCN(S(=O)(=O)c2ccc(NC(=O)c3cnccn3)cc2)CC1. The number of carbonyl (C=O) groups is 1. The second-order valence-electron chi connectivity index (χ2n) is 6.75. The Morgan fingerprint density at radius 2 is 1.86 bits per heavy atom. The molecular weight excluding hydrogens is 394 g/mol.